The number of allylic oxidation sites excluding steroid dienone is 1. The summed E-state index contributed by atoms with van der Waals surface area (Å²) in [6, 6.07) is 4.24. The monoisotopic (exact) mass is 261 g/mol. The highest BCUT2D eigenvalue weighted by atomic mass is 16.5. The van der Waals surface area contributed by atoms with Crippen molar-refractivity contribution in [3.8, 4) is 11.5 Å². The molecule has 104 valence electrons. The molecule has 0 aliphatic carbocycles. The van der Waals surface area contributed by atoms with Gasteiger partial charge < -0.3 is 9.47 Å². The maximum Gasteiger partial charge on any atom is 0.161 e. The van der Waals surface area contributed by atoms with Crippen LogP contribution < -0.4 is 9.47 Å². The van der Waals surface area contributed by atoms with Gasteiger partial charge in [0.1, 0.15) is 0 Å². The fraction of sp³-hybridized carbons (Fsp3) is 0.500. The van der Waals surface area contributed by atoms with Crippen LogP contribution in [0.25, 0.3) is 0 Å². The third-order valence-electron chi connectivity index (χ3n) is 3.76. The predicted molar refractivity (Wildman–Crippen MR) is 78.0 cm³/mol. The first-order valence-corrected chi connectivity index (χ1v) is 6.75. The molecule has 1 aliphatic rings. The largest absolute Gasteiger partial charge is 0.493 e. The number of hydrogen-bond donors (Lipinski definition) is 0. The molecule has 3 nitrogen and oxygen atoms in total. The van der Waals surface area contributed by atoms with E-state index in [4.69, 9.17) is 9.47 Å². The average molecular weight is 261 g/mol. The maximum absolute atomic E-state index is 5.38. The fourth-order valence-corrected chi connectivity index (χ4v) is 2.52. The van der Waals surface area contributed by atoms with E-state index in [0.717, 1.165) is 37.6 Å². The highest BCUT2D eigenvalue weighted by molar-refractivity contribution is 5.48. The summed E-state index contributed by atoms with van der Waals surface area (Å²) in [4.78, 5) is 2.48. The number of rotatable bonds is 4. The van der Waals surface area contributed by atoms with E-state index < -0.39 is 0 Å². The van der Waals surface area contributed by atoms with Crippen LogP contribution in [0, 0.1) is 0 Å². The Hall–Kier alpha value is -1.48. The van der Waals surface area contributed by atoms with Crippen LogP contribution in [0.1, 0.15) is 25.0 Å². The number of benzene rings is 1. The SMILES string of the molecule is CC=C(C)CN1CCc2cc(OC)c(OC)cc2C1. The van der Waals surface area contributed by atoms with E-state index >= 15 is 0 Å². The predicted octanol–water partition coefficient (Wildman–Crippen LogP) is 3.03. The molecule has 0 unspecified atom stereocenters. The molecule has 0 amide bonds. The minimum Gasteiger partial charge on any atom is -0.493 e. The van der Waals surface area contributed by atoms with Gasteiger partial charge in [0.2, 0.25) is 0 Å². The molecule has 0 N–H and O–H groups in total. The molecule has 1 aromatic rings. The Kier molecular flexibility index (Phi) is 4.48. The number of ether oxygens (including phenoxy) is 2. The number of nitrogens with zero attached hydrogens (tertiary/aromatic N) is 1. The summed E-state index contributed by atoms with van der Waals surface area (Å²) in [5.74, 6) is 1.66. The van der Waals surface area contributed by atoms with E-state index in [9.17, 15) is 0 Å². The Balaban J connectivity index is 2.20. The van der Waals surface area contributed by atoms with Crippen molar-refractivity contribution in [2.24, 2.45) is 0 Å². The van der Waals surface area contributed by atoms with E-state index in [1.165, 1.54) is 16.7 Å². The van der Waals surface area contributed by atoms with Crippen molar-refractivity contribution in [1.82, 2.24) is 4.90 Å². The molecular weight excluding hydrogens is 238 g/mol. The average Bonchev–Trinajstić information content (AvgIpc) is 2.45. The van der Waals surface area contributed by atoms with Gasteiger partial charge in [-0.2, -0.15) is 0 Å². The molecule has 0 radical (unpaired) electrons. The van der Waals surface area contributed by atoms with Gasteiger partial charge in [0, 0.05) is 19.6 Å². The second-order valence-electron chi connectivity index (χ2n) is 5.07. The van der Waals surface area contributed by atoms with Gasteiger partial charge in [-0.15, -0.1) is 0 Å². The summed E-state index contributed by atoms with van der Waals surface area (Å²) in [6.45, 7) is 7.42. The third-order valence-corrected chi connectivity index (χ3v) is 3.76. The van der Waals surface area contributed by atoms with Crippen molar-refractivity contribution < 1.29 is 9.47 Å². The van der Waals surface area contributed by atoms with Gasteiger partial charge >= 0.3 is 0 Å². The molecule has 19 heavy (non-hydrogen) atoms. The Morgan fingerprint density at radius 1 is 1.21 bits per heavy atom. The fourth-order valence-electron chi connectivity index (χ4n) is 2.52. The molecule has 0 spiro atoms. The minimum absolute atomic E-state index is 0.825. The summed E-state index contributed by atoms with van der Waals surface area (Å²) < 4.78 is 10.7. The van der Waals surface area contributed by atoms with Crippen molar-refractivity contribution in [3.05, 3.63) is 34.9 Å². The van der Waals surface area contributed by atoms with E-state index in [1.807, 2.05) is 0 Å². The lowest BCUT2D eigenvalue weighted by Crippen LogP contribution is -2.31. The molecular formula is C16H23NO2. The number of methoxy groups -OCH3 is 2. The first kappa shape index (κ1) is 13.9. The van der Waals surface area contributed by atoms with E-state index in [2.05, 4.69) is 37.0 Å². The van der Waals surface area contributed by atoms with E-state index in [-0.39, 0.29) is 0 Å². The third kappa shape index (κ3) is 3.10. The molecule has 0 aromatic heterocycles. The lowest BCUT2D eigenvalue weighted by atomic mass is 9.98. The van der Waals surface area contributed by atoms with Crippen LogP contribution in [-0.4, -0.2) is 32.2 Å². The minimum atomic E-state index is 0.825. The molecule has 2 rings (SSSR count). The Morgan fingerprint density at radius 2 is 1.84 bits per heavy atom. The molecule has 1 aliphatic heterocycles. The number of hydrogen-bond acceptors (Lipinski definition) is 3. The second kappa shape index (κ2) is 6.11. The van der Waals surface area contributed by atoms with Crippen molar-refractivity contribution in [2.75, 3.05) is 27.3 Å². The Morgan fingerprint density at radius 3 is 2.42 bits per heavy atom. The highest BCUT2D eigenvalue weighted by Gasteiger charge is 2.19. The summed E-state index contributed by atoms with van der Waals surface area (Å²) in [7, 11) is 3.38. The second-order valence-corrected chi connectivity index (χ2v) is 5.07. The maximum atomic E-state index is 5.38. The molecule has 0 bridgehead atoms. The van der Waals surface area contributed by atoms with Gasteiger partial charge in [0.15, 0.2) is 11.5 Å². The van der Waals surface area contributed by atoms with Gasteiger partial charge in [0.25, 0.3) is 0 Å². The molecule has 0 saturated carbocycles. The highest BCUT2D eigenvalue weighted by Crippen LogP contribution is 2.33. The van der Waals surface area contributed by atoms with Gasteiger partial charge in [-0.05, 0) is 43.5 Å². The molecule has 1 aromatic carbocycles. The topological polar surface area (TPSA) is 21.7 Å². The molecule has 0 atom stereocenters. The van der Waals surface area contributed by atoms with Crippen molar-refractivity contribution in [3.63, 3.8) is 0 Å². The smallest absolute Gasteiger partial charge is 0.161 e. The normalized spacial score (nSPS) is 16.1. The van der Waals surface area contributed by atoms with Crippen molar-refractivity contribution >= 4 is 0 Å². The van der Waals surface area contributed by atoms with Gasteiger partial charge in [-0.3, -0.25) is 4.90 Å². The first-order valence-electron chi connectivity index (χ1n) is 6.75. The zero-order valence-corrected chi connectivity index (χ0v) is 12.3. The zero-order valence-electron chi connectivity index (χ0n) is 12.3. The molecule has 1 heterocycles. The van der Waals surface area contributed by atoms with Crippen LogP contribution in [0.3, 0.4) is 0 Å². The molecule has 0 saturated heterocycles. The summed E-state index contributed by atoms with van der Waals surface area (Å²) in [5.41, 5.74) is 4.16. The van der Waals surface area contributed by atoms with Crippen LogP contribution in [0.2, 0.25) is 0 Å². The summed E-state index contributed by atoms with van der Waals surface area (Å²) in [5, 5.41) is 0. The Bertz CT molecular complexity index is 480. The molecule has 0 fully saturated rings. The lowest BCUT2D eigenvalue weighted by Gasteiger charge is -2.29. The molecule has 3 heteroatoms. The lowest BCUT2D eigenvalue weighted by molar-refractivity contribution is 0.273. The van der Waals surface area contributed by atoms with Crippen molar-refractivity contribution in [1.29, 1.82) is 0 Å². The van der Waals surface area contributed by atoms with Crippen LogP contribution >= 0.6 is 0 Å². The van der Waals surface area contributed by atoms with Gasteiger partial charge in [-0.1, -0.05) is 11.6 Å². The van der Waals surface area contributed by atoms with Crippen LogP contribution in [0.5, 0.6) is 11.5 Å². The van der Waals surface area contributed by atoms with Crippen LogP contribution in [-0.2, 0) is 13.0 Å². The standard InChI is InChI=1S/C16H23NO2/c1-5-12(2)10-17-7-6-13-8-15(18-3)16(19-4)9-14(13)11-17/h5,8-9H,6-7,10-11H2,1-4H3. The van der Waals surface area contributed by atoms with Gasteiger partial charge in [-0.25, -0.2) is 0 Å². The summed E-state index contributed by atoms with van der Waals surface area (Å²) in [6.07, 6.45) is 3.26. The van der Waals surface area contributed by atoms with E-state index in [0.29, 0.717) is 0 Å². The van der Waals surface area contributed by atoms with Crippen LogP contribution in [0.15, 0.2) is 23.8 Å². The first-order chi connectivity index (χ1) is 9.17. The zero-order chi connectivity index (χ0) is 13.8. The number of fused-ring (bicyclic) bond motifs is 1. The van der Waals surface area contributed by atoms with Crippen molar-refractivity contribution in [2.45, 2.75) is 26.8 Å². The van der Waals surface area contributed by atoms with E-state index in [1.54, 1.807) is 14.2 Å². The Labute approximate surface area is 115 Å². The van der Waals surface area contributed by atoms with Crippen LogP contribution in [0.4, 0.5) is 0 Å². The summed E-state index contributed by atoms with van der Waals surface area (Å²) >= 11 is 0. The quantitative estimate of drug-likeness (QED) is 0.778. The van der Waals surface area contributed by atoms with Gasteiger partial charge in [0.05, 0.1) is 14.2 Å².